The van der Waals surface area contributed by atoms with Crippen LogP contribution in [0.3, 0.4) is 0 Å². The number of hydrazine groups is 1. The van der Waals surface area contributed by atoms with Crippen LogP contribution in [-0.2, 0) is 6.54 Å². The Balaban J connectivity index is 2.13. The second kappa shape index (κ2) is 5.71. The van der Waals surface area contributed by atoms with Crippen molar-refractivity contribution in [3.63, 3.8) is 0 Å². The highest BCUT2D eigenvalue weighted by molar-refractivity contribution is 5.50. The van der Waals surface area contributed by atoms with Crippen molar-refractivity contribution in [2.24, 2.45) is 5.84 Å². The van der Waals surface area contributed by atoms with Crippen LogP contribution in [0, 0.1) is 13.8 Å². The second-order valence-electron chi connectivity index (χ2n) is 4.90. The van der Waals surface area contributed by atoms with E-state index in [2.05, 4.69) is 54.4 Å². The molecule has 0 bridgehead atoms. The number of hydrogen-bond acceptors (Lipinski definition) is 4. The molecule has 4 heteroatoms. The first-order chi connectivity index (χ1) is 9.08. The SMILES string of the molecule is Cc1cc(C)cc(N(C)Cc2ccc(NN)nc2)c1. The minimum atomic E-state index is 0.679. The highest BCUT2D eigenvalue weighted by Crippen LogP contribution is 2.19. The highest BCUT2D eigenvalue weighted by Gasteiger charge is 2.04. The maximum atomic E-state index is 5.30. The molecule has 0 amide bonds. The lowest BCUT2D eigenvalue weighted by molar-refractivity contribution is 0.913. The van der Waals surface area contributed by atoms with E-state index in [9.17, 15) is 0 Å². The molecule has 1 aromatic heterocycles. The predicted molar refractivity (Wildman–Crippen MR) is 80.1 cm³/mol. The van der Waals surface area contributed by atoms with Gasteiger partial charge < -0.3 is 10.3 Å². The summed E-state index contributed by atoms with van der Waals surface area (Å²) in [5.74, 6) is 5.98. The molecule has 0 saturated heterocycles. The molecule has 2 aromatic rings. The monoisotopic (exact) mass is 256 g/mol. The van der Waals surface area contributed by atoms with Gasteiger partial charge in [-0.3, -0.25) is 0 Å². The third-order valence-corrected chi connectivity index (χ3v) is 3.04. The van der Waals surface area contributed by atoms with E-state index in [1.165, 1.54) is 16.8 Å². The zero-order valence-corrected chi connectivity index (χ0v) is 11.6. The Morgan fingerprint density at radius 1 is 1.16 bits per heavy atom. The van der Waals surface area contributed by atoms with Gasteiger partial charge in [-0.2, -0.15) is 0 Å². The van der Waals surface area contributed by atoms with E-state index >= 15 is 0 Å². The summed E-state index contributed by atoms with van der Waals surface area (Å²) in [5, 5.41) is 0. The van der Waals surface area contributed by atoms with E-state index < -0.39 is 0 Å². The first-order valence-corrected chi connectivity index (χ1v) is 6.29. The molecule has 0 atom stereocenters. The maximum absolute atomic E-state index is 5.30. The Morgan fingerprint density at radius 3 is 2.37 bits per heavy atom. The number of rotatable bonds is 4. The zero-order chi connectivity index (χ0) is 13.8. The number of nitrogens with zero attached hydrogens (tertiary/aromatic N) is 2. The van der Waals surface area contributed by atoms with E-state index in [1.54, 1.807) is 0 Å². The van der Waals surface area contributed by atoms with Gasteiger partial charge in [0.05, 0.1) is 0 Å². The summed E-state index contributed by atoms with van der Waals surface area (Å²) >= 11 is 0. The Kier molecular flexibility index (Phi) is 4.02. The fraction of sp³-hybridized carbons (Fsp3) is 0.267. The van der Waals surface area contributed by atoms with Gasteiger partial charge in [0.2, 0.25) is 0 Å². The Bertz CT molecular complexity index is 528. The molecule has 4 nitrogen and oxygen atoms in total. The zero-order valence-electron chi connectivity index (χ0n) is 11.6. The standard InChI is InChI=1S/C15H20N4/c1-11-6-12(2)8-14(7-11)19(3)10-13-4-5-15(18-16)17-9-13/h4-9H,10,16H2,1-3H3,(H,17,18). The summed E-state index contributed by atoms with van der Waals surface area (Å²) in [6.45, 7) is 5.06. The van der Waals surface area contributed by atoms with Gasteiger partial charge in [-0.25, -0.2) is 10.8 Å². The molecule has 2 rings (SSSR count). The lowest BCUT2D eigenvalue weighted by Gasteiger charge is -2.20. The number of hydrogen-bond donors (Lipinski definition) is 2. The van der Waals surface area contributed by atoms with Crippen molar-refractivity contribution in [2.75, 3.05) is 17.4 Å². The van der Waals surface area contributed by atoms with Gasteiger partial charge in [-0.05, 0) is 48.7 Å². The third kappa shape index (κ3) is 3.45. The Labute approximate surface area is 114 Å². The van der Waals surface area contributed by atoms with Crippen molar-refractivity contribution in [3.8, 4) is 0 Å². The van der Waals surface area contributed by atoms with Gasteiger partial charge in [0.25, 0.3) is 0 Å². The molecule has 0 unspecified atom stereocenters. The first-order valence-electron chi connectivity index (χ1n) is 6.29. The van der Waals surface area contributed by atoms with Crippen LogP contribution < -0.4 is 16.2 Å². The van der Waals surface area contributed by atoms with Gasteiger partial charge in [0.15, 0.2) is 0 Å². The summed E-state index contributed by atoms with van der Waals surface area (Å²) in [4.78, 5) is 6.43. The fourth-order valence-corrected chi connectivity index (χ4v) is 2.14. The summed E-state index contributed by atoms with van der Waals surface area (Å²) in [6, 6.07) is 10.5. The minimum Gasteiger partial charge on any atom is -0.370 e. The average Bonchev–Trinajstić information content (AvgIpc) is 2.38. The molecule has 0 radical (unpaired) electrons. The number of aromatic nitrogens is 1. The quantitative estimate of drug-likeness (QED) is 0.652. The van der Waals surface area contributed by atoms with Crippen LogP contribution in [0.15, 0.2) is 36.5 Å². The van der Waals surface area contributed by atoms with Gasteiger partial charge >= 0.3 is 0 Å². The predicted octanol–water partition coefficient (Wildman–Crippen LogP) is 2.62. The Morgan fingerprint density at radius 2 is 1.84 bits per heavy atom. The van der Waals surface area contributed by atoms with Crippen molar-refractivity contribution in [3.05, 3.63) is 53.2 Å². The number of benzene rings is 1. The minimum absolute atomic E-state index is 0.679. The van der Waals surface area contributed by atoms with Crippen LogP contribution >= 0.6 is 0 Å². The molecule has 0 aliphatic heterocycles. The van der Waals surface area contributed by atoms with E-state index in [4.69, 9.17) is 5.84 Å². The van der Waals surface area contributed by atoms with Gasteiger partial charge in [0, 0.05) is 25.5 Å². The summed E-state index contributed by atoms with van der Waals surface area (Å²) in [6.07, 6.45) is 1.84. The first kappa shape index (κ1) is 13.4. The number of pyridine rings is 1. The van der Waals surface area contributed by atoms with Gasteiger partial charge in [-0.15, -0.1) is 0 Å². The molecule has 19 heavy (non-hydrogen) atoms. The largest absolute Gasteiger partial charge is 0.370 e. The molecular formula is C15H20N4. The van der Waals surface area contributed by atoms with Crippen LogP contribution in [-0.4, -0.2) is 12.0 Å². The molecule has 1 heterocycles. The normalized spacial score (nSPS) is 10.3. The van der Waals surface area contributed by atoms with Crippen molar-refractivity contribution >= 4 is 11.5 Å². The van der Waals surface area contributed by atoms with Crippen molar-refractivity contribution in [2.45, 2.75) is 20.4 Å². The lowest BCUT2D eigenvalue weighted by atomic mass is 10.1. The molecule has 3 N–H and O–H groups in total. The number of nitrogen functional groups attached to an aromatic ring is 1. The van der Waals surface area contributed by atoms with E-state index in [0.717, 1.165) is 12.1 Å². The number of aryl methyl sites for hydroxylation is 2. The lowest BCUT2D eigenvalue weighted by Crippen LogP contribution is -2.17. The molecular weight excluding hydrogens is 236 g/mol. The molecule has 100 valence electrons. The number of anilines is 2. The van der Waals surface area contributed by atoms with E-state index in [-0.39, 0.29) is 0 Å². The molecule has 0 aliphatic carbocycles. The van der Waals surface area contributed by atoms with Crippen molar-refractivity contribution in [1.29, 1.82) is 0 Å². The molecule has 0 spiro atoms. The van der Waals surface area contributed by atoms with Crippen LogP contribution in [0.2, 0.25) is 0 Å². The maximum Gasteiger partial charge on any atom is 0.139 e. The topological polar surface area (TPSA) is 54.2 Å². The van der Waals surface area contributed by atoms with E-state index in [1.807, 2.05) is 18.3 Å². The highest BCUT2D eigenvalue weighted by atomic mass is 15.2. The second-order valence-corrected chi connectivity index (χ2v) is 4.90. The molecule has 0 aliphatic rings. The number of nitrogens with two attached hydrogens (primary N) is 1. The van der Waals surface area contributed by atoms with Crippen molar-refractivity contribution in [1.82, 2.24) is 4.98 Å². The average molecular weight is 256 g/mol. The summed E-state index contributed by atoms with van der Waals surface area (Å²) in [7, 11) is 2.09. The molecule has 0 saturated carbocycles. The van der Waals surface area contributed by atoms with Crippen LogP contribution in [0.4, 0.5) is 11.5 Å². The van der Waals surface area contributed by atoms with Gasteiger partial charge in [0.1, 0.15) is 5.82 Å². The summed E-state index contributed by atoms with van der Waals surface area (Å²) < 4.78 is 0. The van der Waals surface area contributed by atoms with Crippen molar-refractivity contribution < 1.29 is 0 Å². The van der Waals surface area contributed by atoms with Gasteiger partial charge in [-0.1, -0.05) is 12.1 Å². The fourth-order valence-electron chi connectivity index (χ4n) is 2.14. The third-order valence-electron chi connectivity index (χ3n) is 3.04. The summed E-state index contributed by atoms with van der Waals surface area (Å²) in [5.41, 5.74) is 7.46. The molecule has 1 aromatic carbocycles. The van der Waals surface area contributed by atoms with Crippen LogP contribution in [0.1, 0.15) is 16.7 Å². The Hall–Kier alpha value is -2.07. The molecule has 0 fully saturated rings. The van der Waals surface area contributed by atoms with Crippen LogP contribution in [0.25, 0.3) is 0 Å². The number of nitrogens with one attached hydrogen (secondary N) is 1. The van der Waals surface area contributed by atoms with Crippen LogP contribution in [0.5, 0.6) is 0 Å². The van der Waals surface area contributed by atoms with E-state index in [0.29, 0.717) is 5.82 Å². The smallest absolute Gasteiger partial charge is 0.139 e.